The minimum Gasteiger partial charge on any atom is -0.451 e. The Morgan fingerprint density at radius 3 is 2.58 bits per heavy atom. The van der Waals surface area contributed by atoms with Crippen LogP contribution in [0.25, 0.3) is 0 Å². The zero-order valence-corrected chi connectivity index (χ0v) is 7.72. The molecule has 2 unspecified atom stereocenters. The molecule has 0 saturated carbocycles. The summed E-state index contributed by atoms with van der Waals surface area (Å²) < 4.78 is 5.03. The first-order valence-corrected chi connectivity index (χ1v) is 4.23. The summed E-state index contributed by atoms with van der Waals surface area (Å²) in [6.07, 6.45) is 1.29. The van der Waals surface area contributed by atoms with Gasteiger partial charge < -0.3 is 4.74 Å². The molecule has 0 bridgehead atoms. The SMILES string of the molecule is CCC1CC(C)(C(C)=O)OC1=O. The predicted molar refractivity (Wildman–Crippen MR) is 43.6 cm³/mol. The van der Waals surface area contributed by atoms with Gasteiger partial charge in [0.05, 0.1) is 5.92 Å². The van der Waals surface area contributed by atoms with Crippen LogP contribution in [0.5, 0.6) is 0 Å². The number of rotatable bonds is 2. The smallest absolute Gasteiger partial charge is 0.310 e. The first kappa shape index (κ1) is 9.23. The molecule has 1 fully saturated rings. The van der Waals surface area contributed by atoms with Crippen molar-refractivity contribution >= 4 is 11.8 Å². The van der Waals surface area contributed by atoms with Crippen LogP contribution in [0.2, 0.25) is 0 Å². The van der Waals surface area contributed by atoms with Crippen molar-refractivity contribution in [3.8, 4) is 0 Å². The maximum Gasteiger partial charge on any atom is 0.310 e. The van der Waals surface area contributed by atoms with Crippen LogP contribution in [0.1, 0.15) is 33.6 Å². The Bertz CT molecular complexity index is 222. The number of esters is 1. The molecule has 2 atom stereocenters. The molecule has 0 spiro atoms. The van der Waals surface area contributed by atoms with Crippen LogP contribution in [0, 0.1) is 5.92 Å². The molecule has 1 heterocycles. The van der Waals surface area contributed by atoms with Gasteiger partial charge in [-0.2, -0.15) is 0 Å². The molecular formula is C9H14O3. The molecule has 0 N–H and O–H groups in total. The summed E-state index contributed by atoms with van der Waals surface area (Å²) in [6.45, 7) is 5.08. The monoisotopic (exact) mass is 170 g/mol. The summed E-state index contributed by atoms with van der Waals surface area (Å²) in [4.78, 5) is 22.2. The summed E-state index contributed by atoms with van der Waals surface area (Å²) >= 11 is 0. The highest BCUT2D eigenvalue weighted by Gasteiger charge is 2.45. The number of hydrogen-bond donors (Lipinski definition) is 0. The maximum absolute atomic E-state index is 11.2. The summed E-state index contributed by atoms with van der Waals surface area (Å²) in [5.74, 6) is -0.374. The topological polar surface area (TPSA) is 43.4 Å². The lowest BCUT2D eigenvalue weighted by Crippen LogP contribution is -2.32. The molecule has 12 heavy (non-hydrogen) atoms. The first-order chi connectivity index (χ1) is 5.49. The molecule has 3 nitrogen and oxygen atoms in total. The van der Waals surface area contributed by atoms with E-state index in [0.717, 1.165) is 6.42 Å². The van der Waals surface area contributed by atoms with Gasteiger partial charge in [-0.05, 0) is 20.3 Å². The third-order valence-electron chi connectivity index (χ3n) is 2.53. The van der Waals surface area contributed by atoms with E-state index in [9.17, 15) is 9.59 Å². The Morgan fingerprint density at radius 1 is 1.75 bits per heavy atom. The Balaban J connectivity index is 2.77. The second kappa shape index (κ2) is 2.88. The number of hydrogen-bond acceptors (Lipinski definition) is 3. The van der Waals surface area contributed by atoms with Gasteiger partial charge in [0.15, 0.2) is 11.4 Å². The summed E-state index contributed by atoms with van der Waals surface area (Å²) in [6, 6.07) is 0. The second-order valence-corrected chi connectivity index (χ2v) is 3.52. The molecule has 0 aliphatic carbocycles. The van der Waals surface area contributed by atoms with E-state index >= 15 is 0 Å². The largest absolute Gasteiger partial charge is 0.451 e. The molecule has 3 heteroatoms. The molecule has 1 saturated heterocycles. The summed E-state index contributed by atoms with van der Waals surface area (Å²) in [7, 11) is 0. The minimum atomic E-state index is -0.849. The number of ketones is 1. The van der Waals surface area contributed by atoms with Gasteiger partial charge in [0.25, 0.3) is 0 Å². The van der Waals surface area contributed by atoms with Crippen LogP contribution in [0.3, 0.4) is 0 Å². The third kappa shape index (κ3) is 1.36. The van der Waals surface area contributed by atoms with Crippen LogP contribution >= 0.6 is 0 Å². The molecule has 0 radical (unpaired) electrons. The maximum atomic E-state index is 11.2. The normalized spacial score (nSPS) is 34.9. The average molecular weight is 170 g/mol. The van der Waals surface area contributed by atoms with E-state index in [2.05, 4.69) is 0 Å². The number of cyclic esters (lactones) is 1. The van der Waals surface area contributed by atoms with Crippen molar-refractivity contribution < 1.29 is 14.3 Å². The van der Waals surface area contributed by atoms with Crippen LogP contribution in [0.4, 0.5) is 0 Å². The zero-order chi connectivity index (χ0) is 9.35. The van der Waals surface area contributed by atoms with Crippen LogP contribution in [-0.2, 0) is 14.3 Å². The van der Waals surface area contributed by atoms with Gasteiger partial charge in [0.2, 0.25) is 0 Å². The second-order valence-electron chi connectivity index (χ2n) is 3.52. The Morgan fingerprint density at radius 2 is 2.33 bits per heavy atom. The standard InChI is InChI=1S/C9H14O3/c1-4-7-5-9(3,6(2)10)12-8(7)11/h7H,4-5H2,1-3H3. The Labute approximate surface area is 72.1 Å². The van der Waals surface area contributed by atoms with Gasteiger partial charge in [-0.3, -0.25) is 9.59 Å². The van der Waals surface area contributed by atoms with Crippen molar-refractivity contribution in [2.45, 2.75) is 39.2 Å². The van der Waals surface area contributed by atoms with Crippen molar-refractivity contribution in [1.82, 2.24) is 0 Å². The number of ether oxygens (including phenoxy) is 1. The number of carbonyl (C=O) groups is 2. The average Bonchev–Trinajstić information content (AvgIpc) is 2.27. The molecule has 68 valence electrons. The molecule has 0 amide bonds. The van der Waals surface area contributed by atoms with Gasteiger partial charge in [0.1, 0.15) is 0 Å². The van der Waals surface area contributed by atoms with Crippen LogP contribution in [0.15, 0.2) is 0 Å². The highest BCUT2D eigenvalue weighted by molar-refractivity contribution is 5.90. The van der Waals surface area contributed by atoms with Gasteiger partial charge >= 0.3 is 5.97 Å². The first-order valence-electron chi connectivity index (χ1n) is 4.23. The van der Waals surface area contributed by atoms with Gasteiger partial charge in [-0.25, -0.2) is 0 Å². The van der Waals surface area contributed by atoms with Crippen molar-refractivity contribution in [3.05, 3.63) is 0 Å². The predicted octanol–water partition coefficient (Wildman–Crippen LogP) is 1.31. The van der Waals surface area contributed by atoms with Crippen molar-refractivity contribution in [3.63, 3.8) is 0 Å². The van der Waals surface area contributed by atoms with Crippen LogP contribution < -0.4 is 0 Å². The van der Waals surface area contributed by atoms with E-state index in [0.29, 0.717) is 6.42 Å². The fourth-order valence-electron chi connectivity index (χ4n) is 1.43. The molecular weight excluding hydrogens is 156 g/mol. The fraction of sp³-hybridized carbons (Fsp3) is 0.778. The van der Waals surface area contributed by atoms with E-state index in [-0.39, 0.29) is 17.7 Å². The Kier molecular flexibility index (Phi) is 2.22. The molecule has 0 aromatic rings. The Hall–Kier alpha value is -0.860. The molecule has 1 rings (SSSR count). The fourth-order valence-corrected chi connectivity index (χ4v) is 1.43. The van der Waals surface area contributed by atoms with Gasteiger partial charge in [-0.15, -0.1) is 0 Å². The summed E-state index contributed by atoms with van der Waals surface area (Å²) in [5.41, 5.74) is -0.849. The quantitative estimate of drug-likeness (QED) is 0.587. The van der Waals surface area contributed by atoms with Crippen molar-refractivity contribution in [2.24, 2.45) is 5.92 Å². The summed E-state index contributed by atoms with van der Waals surface area (Å²) in [5, 5.41) is 0. The van der Waals surface area contributed by atoms with Crippen molar-refractivity contribution in [2.75, 3.05) is 0 Å². The van der Waals surface area contributed by atoms with E-state index in [1.54, 1.807) is 6.92 Å². The van der Waals surface area contributed by atoms with Crippen molar-refractivity contribution in [1.29, 1.82) is 0 Å². The minimum absolute atomic E-state index is 0.0631. The van der Waals surface area contributed by atoms with Gasteiger partial charge in [-0.1, -0.05) is 6.92 Å². The van der Waals surface area contributed by atoms with E-state index in [1.807, 2.05) is 6.92 Å². The number of Topliss-reactive ketones (excluding diaryl/α,β-unsaturated/α-hetero) is 1. The van der Waals surface area contributed by atoms with Gasteiger partial charge in [0, 0.05) is 6.42 Å². The lowest BCUT2D eigenvalue weighted by molar-refractivity contribution is -0.156. The number of carbonyl (C=O) groups excluding carboxylic acids is 2. The van der Waals surface area contributed by atoms with E-state index in [1.165, 1.54) is 6.92 Å². The molecule has 0 aromatic heterocycles. The molecule has 1 aliphatic heterocycles. The van der Waals surface area contributed by atoms with E-state index < -0.39 is 5.60 Å². The lowest BCUT2D eigenvalue weighted by atomic mass is 9.91. The van der Waals surface area contributed by atoms with E-state index in [4.69, 9.17) is 4.74 Å². The molecule has 1 aliphatic rings. The lowest BCUT2D eigenvalue weighted by Gasteiger charge is -2.17. The highest BCUT2D eigenvalue weighted by atomic mass is 16.6. The zero-order valence-electron chi connectivity index (χ0n) is 7.72. The molecule has 0 aromatic carbocycles. The van der Waals surface area contributed by atoms with Crippen LogP contribution in [-0.4, -0.2) is 17.4 Å². The third-order valence-corrected chi connectivity index (χ3v) is 2.53. The highest BCUT2D eigenvalue weighted by Crippen LogP contribution is 2.33.